The molecular weight excluding hydrogens is 248 g/mol. The molecule has 2 aromatic heterocycles. The highest BCUT2D eigenvalue weighted by Gasteiger charge is 2.28. The number of rotatable bonds is 1. The molecule has 0 aromatic carbocycles. The molecule has 0 bridgehead atoms. The molecule has 108 valence electrons. The van der Waals surface area contributed by atoms with Crippen LogP contribution in [0.1, 0.15) is 50.4 Å². The van der Waals surface area contributed by atoms with Crippen LogP contribution in [0.4, 0.5) is 5.82 Å². The number of hydrogen-bond acceptors (Lipinski definition) is 3. The van der Waals surface area contributed by atoms with E-state index in [2.05, 4.69) is 42.2 Å². The van der Waals surface area contributed by atoms with Crippen LogP contribution in [-0.4, -0.2) is 14.5 Å². The standard InChI is InChI=1S/C16H24N4/c1-9-5-10(2)7-13(6-9)20-12(4)11(3)14-15(17)18-8-19-16(14)20/h8-10,13H,5-7H2,1-4H3,(H2,17,18,19). The molecule has 0 amide bonds. The molecule has 1 aliphatic rings. The lowest BCUT2D eigenvalue weighted by Gasteiger charge is -2.33. The number of fused-ring (bicyclic) bond motifs is 1. The van der Waals surface area contributed by atoms with Crippen LogP contribution in [0.2, 0.25) is 0 Å². The van der Waals surface area contributed by atoms with Crippen molar-refractivity contribution >= 4 is 16.9 Å². The van der Waals surface area contributed by atoms with E-state index < -0.39 is 0 Å². The topological polar surface area (TPSA) is 56.7 Å². The first-order valence-corrected chi connectivity index (χ1v) is 7.56. The third kappa shape index (κ3) is 1.98. The second-order valence-corrected chi connectivity index (χ2v) is 6.61. The van der Waals surface area contributed by atoms with Crippen LogP contribution in [0.5, 0.6) is 0 Å². The Labute approximate surface area is 120 Å². The van der Waals surface area contributed by atoms with Crippen LogP contribution in [0.25, 0.3) is 11.0 Å². The third-order valence-corrected chi connectivity index (χ3v) is 4.88. The van der Waals surface area contributed by atoms with Gasteiger partial charge in [0, 0.05) is 11.7 Å². The van der Waals surface area contributed by atoms with Crippen molar-refractivity contribution in [2.45, 2.75) is 53.0 Å². The molecule has 0 radical (unpaired) electrons. The summed E-state index contributed by atoms with van der Waals surface area (Å²) in [5, 5.41) is 1.04. The van der Waals surface area contributed by atoms with Crippen molar-refractivity contribution in [3.05, 3.63) is 17.6 Å². The first kappa shape index (κ1) is 13.4. The van der Waals surface area contributed by atoms with E-state index in [1.165, 1.54) is 30.5 Å². The van der Waals surface area contributed by atoms with E-state index in [-0.39, 0.29) is 0 Å². The molecule has 2 N–H and O–H groups in total. The predicted molar refractivity (Wildman–Crippen MR) is 82.6 cm³/mol. The predicted octanol–water partition coefficient (Wildman–Crippen LogP) is 3.63. The van der Waals surface area contributed by atoms with Crippen LogP contribution >= 0.6 is 0 Å². The third-order valence-electron chi connectivity index (χ3n) is 4.88. The molecule has 2 heterocycles. The van der Waals surface area contributed by atoms with Crippen LogP contribution in [-0.2, 0) is 0 Å². The summed E-state index contributed by atoms with van der Waals surface area (Å²) in [5.74, 6) is 2.16. The van der Waals surface area contributed by atoms with E-state index in [0.717, 1.165) is 22.9 Å². The highest BCUT2D eigenvalue weighted by Crippen LogP contribution is 2.40. The maximum absolute atomic E-state index is 6.06. The van der Waals surface area contributed by atoms with Gasteiger partial charge in [0.25, 0.3) is 0 Å². The molecule has 0 spiro atoms. The monoisotopic (exact) mass is 272 g/mol. The van der Waals surface area contributed by atoms with E-state index >= 15 is 0 Å². The molecule has 2 unspecified atom stereocenters. The summed E-state index contributed by atoms with van der Waals surface area (Å²) in [4.78, 5) is 8.67. The summed E-state index contributed by atoms with van der Waals surface area (Å²) in [6.45, 7) is 9.03. The largest absolute Gasteiger partial charge is 0.383 e. The number of nitrogens with zero attached hydrogens (tertiary/aromatic N) is 3. The van der Waals surface area contributed by atoms with Gasteiger partial charge in [-0.2, -0.15) is 0 Å². The van der Waals surface area contributed by atoms with Crippen molar-refractivity contribution in [2.24, 2.45) is 11.8 Å². The van der Waals surface area contributed by atoms with Gasteiger partial charge >= 0.3 is 0 Å². The highest BCUT2D eigenvalue weighted by molar-refractivity contribution is 5.90. The maximum Gasteiger partial charge on any atom is 0.146 e. The Morgan fingerprint density at radius 1 is 1.10 bits per heavy atom. The van der Waals surface area contributed by atoms with Crippen molar-refractivity contribution in [1.29, 1.82) is 0 Å². The second kappa shape index (κ2) is 4.76. The van der Waals surface area contributed by atoms with Crippen molar-refractivity contribution < 1.29 is 0 Å². The SMILES string of the molecule is Cc1c(C)n(C2CC(C)CC(C)C2)c2ncnc(N)c12. The summed E-state index contributed by atoms with van der Waals surface area (Å²) in [6.07, 6.45) is 5.39. The zero-order chi connectivity index (χ0) is 14.4. The molecule has 3 rings (SSSR count). The fourth-order valence-corrected chi connectivity index (χ4v) is 4.01. The van der Waals surface area contributed by atoms with E-state index in [9.17, 15) is 0 Å². The normalized spacial score (nSPS) is 27.1. The summed E-state index contributed by atoms with van der Waals surface area (Å²) in [7, 11) is 0. The van der Waals surface area contributed by atoms with E-state index in [0.29, 0.717) is 11.9 Å². The molecule has 1 aliphatic carbocycles. The Kier molecular flexibility index (Phi) is 3.19. The minimum Gasteiger partial charge on any atom is -0.383 e. The zero-order valence-electron chi connectivity index (χ0n) is 12.8. The molecule has 0 aliphatic heterocycles. The molecule has 0 saturated heterocycles. The molecule has 20 heavy (non-hydrogen) atoms. The Morgan fingerprint density at radius 3 is 2.40 bits per heavy atom. The number of hydrogen-bond donors (Lipinski definition) is 1. The van der Waals surface area contributed by atoms with Crippen molar-refractivity contribution in [3.63, 3.8) is 0 Å². The molecule has 4 heteroatoms. The Bertz CT molecular complexity index is 633. The lowest BCUT2D eigenvalue weighted by atomic mass is 9.80. The van der Waals surface area contributed by atoms with Gasteiger partial charge in [-0.05, 0) is 50.5 Å². The fourth-order valence-electron chi connectivity index (χ4n) is 4.01. The smallest absolute Gasteiger partial charge is 0.146 e. The van der Waals surface area contributed by atoms with Gasteiger partial charge in [-0.25, -0.2) is 9.97 Å². The molecule has 2 atom stereocenters. The Morgan fingerprint density at radius 2 is 1.75 bits per heavy atom. The highest BCUT2D eigenvalue weighted by atomic mass is 15.1. The van der Waals surface area contributed by atoms with E-state index in [1.807, 2.05) is 0 Å². The van der Waals surface area contributed by atoms with Gasteiger partial charge in [-0.3, -0.25) is 0 Å². The molecule has 1 fully saturated rings. The van der Waals surface area contributed by atoms with Crippen LogP contribution < -0.4 is 5.73 Å². The Balaban J connectivity index is 2.16. The van der Waals surface area contributed by atoms with E-state index in [1.54, 1.807) is 6.33 Å². The van der Waals surface area contributed by atoms with Crippen LogP contribution in [0.3, 0.4) is 0 Å². The quantitative estimate of drug-likeness (QED) is 0.862. The number of nitrogen functional groups attached to an aromatic ring is 1. The van der Waals surface area contributed by atoms with Gasteiger partial charge in [0.1, 0.15) is 17.8 Å². The van der Waals surface area contributed by atoms with Crippen molar-refractivity contribution in [1.82, 2.24) is 14.5 Å². The summed E-state index contributed by atoms with van der Waals surface area (Å²) in [6, 6.07) is 0.541. The van der Waals surface area contributed by atoms with Gasteiger partial charge in [0.15, 0.2) is 0 Å². The van der Waals surface area contributed by atoms with Gasteiger partial charge in [-0.15, -0.1) is 0 Å². The van der Waals surface area contributed by atoms with Crippen molar-refractivity contribution in [2.75, 3.05) is 5.73 Å². The van der Waals surface area contributed by atoms with Gasteiger partial charge < -0.3 is 10.3 Å². The average molecular weight is 272 g/mol. The minimum atomic E-state index is 0.541. The summed E-state index contributed by atoms with van der Waals surface area (Å²) < 4.78 is 2.41. The first-order valence-electron chi connectivity index (χ1n) is 7.56. The van der Waals surface area contributed by atoms with Gasteiger partial charge in [-0.1, -0.05) is 13.8 Å². The fraction of sp³-hybridized carbons (Fsp3) is 0.625. The average Bonchev–Trinajstić information content (AvgIpc) is 2.62. The van der Waals surface area contributed by atoms with Gasteiger partial charge in [0.05, 0.1) is 5.39 Å². The van der Waals surface area contributed by atoms with Gasteiger partial charge in [0.2, 0.25) is 0 Å². The minimum absolute atomic E-state index is 0.541. The van der Waals surface area contributed by atoms with E-state index in [4.69, 9.17) is 5.73 Å². The zero-order valence-corrected chi connectivity index (χ0v) is 12.8. The number of aromatic nitrogens is 3. The summed E-state index contributed by atoms with van der Waals surface area (Å²) >= 11 is 0. The lowest BCUT2D eigenvalue weighted by molar-refractivity contribution is 0.223. The summed E-state index contributed by atoms with van der Waals surface area (Å²) in [5.41, 5.74) is 9.59. The molecular formula is C16H24N4. The number of nitrogens with two attached hydrogens (primary N) is 1. The lowest BCUT2D eigenvalue weighted by Crippen LogP contribution is -2.23. The first-order chi connectivity index (χ1) is 9.49. The van der Waals surface area contributed by atoms with Crippen LogP contribution in [0, 0.1) is 25.7 Å². The number of aryl methyl sites for hydroxylation is 1. The number of anilines is 1. The molecule has 2 aromatic rings. The van der Waals surface area contributed by atoms with Crippen LogP contribution in [0.15, 0.2) is 6.33 Å². The molecule has 4 nitrogen and oxygen atoms in total. The second-order valence-electron chi connectivity index (χ2n) is 6.61. The maximum atomic E-state index is 6.06. The Hall–Kier alpha value is -1.58. The molecule has 1 saturated carbocycles. The van der Waals surface area contributed by atoms with Crippen molar-refractivity contribution in [3.8, 4) is 0 Å².